The minimum atomic E-state index is -1.61. The van der Waals surface area contributed by atoms with Gasteiger partial charge < -0.3 is 20.5 Å². The first-order valence-corrected chi connectivity index (χ1v) is 9.32. The van der Waals surface area contributed by atoms with E-state index < -0.39 is 36.0 Å². The maximum Gasteiger partial charge on any atom is 0.328 e. The van der Waals surface area contributed by atoms with Crippen LogP contribution in [0.25, 0.3) is 0 Å². The number of methoxy groups -OCH3 is 1. The molecule has 0 unspecified atom stereocenters. The summed E-state index contributed by atoms with van der Waals surface area (Å²) in [6.45, 7) is 3.50. The monoisotopic (exact) mass is 398 g/mol. The van der Waals surface area contributed by atoms with Crippen molar-refractivity contribution in [3.05, 3.63) is 71.8 Å². The second-order valence-corrected chi connectivity index (χ2v) is 6.93. The Balaban J connectivity index is 2.24. The largest absolute Gasteiger partial charge is 0.467 e. The van der Waals surface area contributed by atoms with Crippen molar-refractivity contribution in [2.45, 2.75) is 32.0 Å². The van der Waals surface area contributed by atoms with Gasteiger partial charge in [0.25, 0.3) is 11.8 Å². The fourth-order valence-corrected chi connectivity index (χ4v) is 2.83. The number of hydrogen-bond donors (Lipinski definition) is 3. The van der Waals surface area contributed by atoms with Crippen LogP contribution in [-0.2, 0) is 14.3 Å². The Hall–Kier alpha value is -3.19. The van der Waals surface area contributed by atoms with Gasteiger partial charge in [0, 0.05) is 5.56 Å². The third kappa shape index (κ3) is 5.89. The number of hydrogen-bond acceptors (Lipinski definition) is 5. The highest BCUT2D eigenvalue weighted by atomic mass is 16.5. The summed E-state index contributed by atoms with van der Waals surface area (Å²) in [6.07, 6.45) is -1.61. The third-order valence-electron chi connectivity index (χ3n) is 4.49. The molecule has 2 aromatic rings. The summed E-state index contributed by atoms with van der Waals surface area (Å²) >= 11 is 0. The quantitative estimate of drug-likeness (QED) is 0.589. The van der Waals surface area contributed by atoms with E-state index in [1.165, 1.54) is 7.11 Å². The number of aliphatic hydroxyl groups excluding tert-OH is 1. The highest BCUT2D eigenvalue weighted by Crippen LogP contribution is 2.19. The Kier molecular flexibility index (Phi) is 7.91. The maximum atomic E-state index is 12.7. The lowest BCUT2D eigenvalue weighted by atomic mass is 9.98. The van der Waals surface area contributed by atoms with Crippen LogP contribution >= 0.6 is 0 Å². The second kappa shape index (κ2) is 10.4. The first-order chi connectivity index (χ1) is 13.8. The molecule has 0 aromatic heterocycles. The van der Waals surface area contributed by atoms with Gasteiger partial charge in [0.2, 0.25) is 0 Å². The van der Waals surface area contributed by atoms with E-state index in [9.17, 15) is 19.5 Å². The van der Waals surface area contributed by atoms with Crippen LogP contribution in [0.15, 0.2) is 60.7 Å². The molecule has 3 atom stereocenters. The molecule has 0 heterocycles. The number of nitrogens with one attached hydrogen (secondary N) is 2. The molecule has 0 aliphatic heterocycles. The number of carbonyl (C=O) groups is 3. The van der Waals surface area contributed by atoms with Gasteiger partial charge >= 0.3 is 5.97 Å². The maximum absolute atomic E-state index is 12.7. The Morgan fingerprint density at radius 2 is 1.45 bits per heavy atom. The lowest BCUT2D eigenvalue weighted by Gasteiger charge is -2.27. The average molecular weight is 398 g/mol. The zero-order valence-corrected chi connectivity index (χ0v) is 16.7. The number of aliphatic hydroxyl groups is 1. The molecule has 0 aliphatic rings. The van der Waals surface area contributed by atoms with E-state index in [-0.39, 0.29) is 5.92 Å². The van der Waals surface area contributed by atoms with Crippen molar-refractivity contribution in [3.8, 4) is 0 Å². The molecule has 0 radical (unpaired) electrons. The van der Waals surface area contributed by atoms with Crippen LogP contribution in [0.2, 0.25) is 0 Å². The van der Waals surface area contributed by atoms with Crippen molar-refractivity contribution in [3.63, 3.8) is 0 Å². The standard InChI is InChI=1S/C22H26N2O5/c1-14(2)17(22(28)29-3)23-21(27)19(25)18(15-10-6-4-7-11-15)24-20(26)16-12-8-5-9-13-16/h4-14,17-19,25H,1-3H3,(H,23,27)(H,24,26)/t17-,18-,19+/m0/s1. The highest BCUT2D eigenvalue weighted by molar-refractivity contribution is 5.95. The van der Waals surface area contributed by atoms with Crippen molar-refractivity contribution < 1.29 is 24.2 Å². The number of ether oxygens (including phenoxy) is 1. The average Bonchev–Trinajstić information content (AvgIpc) is 2.75. The summed E-state index contributed by atoms with van der Waals surface area (Å²) in [5, 5.41) is 16.0. The van der Waals surface area contributed by atoms with E-state index >= 15 is 0 Å². The number of carbonyl (C=O) groups excluding carboxylic acids is 3. The number of benzene rings is 2. The molecular weight excluding hydrogens is 372 g/mol. The van der Waals surface area contributed by atoms with E-state index in [1.54, 1.807) is 74.5 Å². The zero-order valence-electron chi connectivity index (χ0n) is 16.7. The van der Waals surface area contributed by atoms with Crippen LogP contribution in [0, 0.1) is 5.92 Å². The van der Waals surface area contributed by atoms with Gasteiger partial charge in [-0.15, -0.1) is 0 Å². The molecule has 0 spiro atoms. The number of esters is 1. The third-order valence-corrected chi connectivity index (χ3v) is 4.49. The molecule has 7 nitrogen and oxygen atoms in total. The summed E-state index contributed by atoms with van der Waals surface area (Å²) in [5.74, 6) is -2.06. The fourth-order valence-electron chi connectivity index (χ4n) is 2.83. The smallest absolute Gasteiger partial charge is 0.328 e. The van der Waals surface area contributed by atoms with Crippen LogP contribution in [0.3, 0.4) is 0 Å². The van der Waals surface area contributed by atoms with E-state index in [4.69, 9.17) is 4.74 Å². The van der Waals surface area contributed by atoms with Gasteiger partial charge in [0.1, 0.15) is 6.04 Å². The van der Waals surface area contributed by atoms with Gasteiger partial charge in [-0.1, -0.05) is 62.4 Å². The van der Waals surface area contributed by atoms with Crippen LogP contribution in [-0.4, -0.2) is 42.1 Å². The molecule has 0 aliphatic carbocycles. The van der Waals surface area contributed by atoms with Gasteiger partial charge in [0.05, 0.1) is 13.2 Å². The molecule has 2 amide bonds. The Morgan fingerprint density at radius 1 is 0.897 bits per heavy atom. The number of rotatable bonds is 8. The molecule has 0 bridgehead atoms. The van der Waals surface area contributed by atoms with E-state index in [1.807, 2.05) is 0 Å². The van der Waals surface area contributed by atoms with E-state index in [2.05, 4.69) is 10.6 Å². The second-order valence-electron chi connectivity index (χ2n) is 6.93. The Labute approximate surface area is 170 Å². The summed E-state index contributed by atoms with van der Waals surface area (Å²) in [5.41, 5.74) is 0.953. The van der Waals surface area contributed by atoms with Crippen LogP contribution in [0.1, 0.15) is 35.8 Å². The molecular formula is C22H26N2O5. The first-order valence-electron chi connectivity index (χ1n) is 9.32. The zero-order chi connectivity index (χ0) is 21.4. The molecule has 7 heteroatoms. The topological polar surface area (TPSA) is 105 Å². The lowest BCUT2D eigenvalue weighted by molar-refractivity contribution is -0.148. The van der Waals surface area contributed by atoms with Crippen LogP contribution in [0.5, 0.6) is 0 Å². The molecule has 29 heavy (non-hydrogen) atoms. The van der Waals surface area contributed by atoms with Crippen molar-refractivity contribution in [1.29, 1.82) is 0 Å². The van der Waals surface area contributed by atoms with Gasteiger partial charge in [-0.3, -0.25) is 9.59 Å². The van der Waals surface area contributed by atoms with Gasteiger partial charge in [-0.05, 0) is 23.6 Å². The van der Waals surface area contributed by atoms with Crippen molar-refractivity contribution in [2.24, 2.45) is 5.92 Å². The number of amides is 2. The first kappa shape index (κ1) is 22.1. The van der Waals surface area contributed by atoms with Crippen LogP contribution in [0.4, 0.5) is 0 Å². The summed E-state index contributed by atoms with van der Waals surface area (Å²) < 4.78 is 4.72. The van der Waals surface area contributed by atoms with Crippen LogP contribution < -0.4 is 10.6 Å². The molecule has 0 saturated heterocycles. The minimum Gasteiger partial charge on any atom is -0.467 e. The SMILES string of the molecule is COC(=O)[C@@H](NC(=O)[C@H](O)[C@@H](NC(=O)c1ccccc1)c1ccccc1)C(C)C. The molecule has 3 N–H and O–H groups in total. The highest BCUT2D eigenvalue weighted by Gasteiger charge is 2.33. The lowest BCUT2D eigenvalue weighted by Crippen LogP contribution is -2.52. The van der Waals surface area contributed by atoms with Crippen molar-refractivity contribution in [2.75, 3.05) is 7.11 Å². The Morgan fingerprint density at radius 3 is 1.97 bits per heavy atom. The minimum absolute atomic E-state index is 0.243. The van der Waals surface area contributed by atoms with Crippen molar-refractivity contribution in [1.82, 2.24) is 10.6 Å². The summed E-state index contributed by atoms with van der Waals surface area (Å²) in [4.78, 5) is 37.2. The van der Waals surface area contributed by atoms with E-state index in [0.717, 1.165) is 0 Å². The molecule has 2 rings (SSSR count). The Bertz CT molecular complexity index is 824. The van der Waals surface area contributed by atoms with Gasteiger partial charge in [-0.25, -0.2) is 4.79 Å². The van der Waals surface area contributed by atoms with E-state index in [0.29, 0.717) is 11.1 Å². The van der Waals surface area contributed by atoms with Gasteiger partial charge in [0.15, 0.2) is 6.10 Å². The van der Waals surface area contributed by atoms with Crippen molar-refractivity contribution >= 4 is 17.8 Å². The predicted octanol–water partition coefficient (Wildman–Crippen LogP) is 1.83. The molecule has 0 fully saturated rings. The summed E-state index contributed by atoms with van der Waals surface area (Å²) in [6, 6.07) is 15.3. The predicted molar refractivity (Wildman–Crippen MR) is 108 cm³/mol. The normalized spacial score (nSPS) is 13.8. The molecule has 154 valence electrons. The molecule has 2 aromatic carbocycles. The molecule has 0 saturated carbocycles. The van der Waals surface area contributed by atoms with Gasteiger partial charge in [-0.2, -0.15) is 0 Å². The fraction of sp³-hybridized carbons (Fsp3) is 0.318. The summed E-state index contributed by atoms with van der Waals surface area (Å²) in [7, 11) is 1.23.